The minimum atomic E-state index is -0.702. The molecule has 3 aromatic rings. The zero-order valence-corrected chi connectivity index (χ0v) is 18.1. The van der Waals surface area contributed by atoms with Gasteiger partial charge in [-0.05, 0) is 35.9 Å². The number of ether oxygens (including phenoxy) is 3. The Hall–Kier alpha value is -4.47. The SMILES string of the molecule is COC(=O)c1cc(NC(=O)c2cc(=O)[nH]c(Cc3ccc(OC)cc3)n2)cc(C(=O)OC)c1. The normalized spacial score (nSPS) is 10.3. The Balaban J connectivity index is 1.87. The summed E-state index contributed by atoms with van der Waals surface area (Å²) in [7, 11) is 3.94. The topological polar surface area (TPSA) is 137 Å². The molecule has 0 aliphatic carbocycles. The van der Waals surface area contributed by atoms with Crippen molar-refractivity contribution in [2.24, 2.45) is 0 Å². The number of H-pyrrole nitrogens is 1. The van der Waals surface area contributed by atoms with Crippen LogP contribution in [0.3, 0.4) is 0 Å². The minimum absolute atomic E-state index is 0.0368. The van der Waals surface area contributed by atoms with Crippen LogP contribution in [0.15, 0.2) is 53.3 Å². The van der Waals surface area contributed by atoms with Crippen LogP contribution >= 0.6 is 0 Å². The molecule has 0 spiro atoms. The van der Waals surface area contributed by atoms with Crippen molar-refractivity contribution in [1.29, 1.82) is 0 Å². The Bertz CT molecular complexity index is 1220. The average Bonchev–Trinajstić information content (AvgIpc) is 2.82. The van der Waals surface area contributed by atoms with Crippen molar-refractivity contribution in [2.45, 2.75) is 6.42 Å². The maximum atomic E-state index is 12.8. The summed E-state index contributed by atoms with van der Waals surface area (Å²) in [6.07, 6.45) is 0.282. The zero-order chi connectivity index (χ0) is 24.0. The zero-order valence-electron chi connectivity index (χ0n) is 18.1. The lowest BCUT2D eigenvalue weighted by Gasteiger charge is -2.10. The van der Waals surface area contributed by atoms with Crippen LogP contribution in [0.25, 0.3) is 0 Å². The predicted molar refractivity (Wildman–Crippen MR) is 118 cm³/mol. The van der Waals surface area contributed by atoms with Crippen molar-refractivity contribution in [3.63, 3.8) is 0 Å². The van der Waals surface area contributed by atoms with Gasteiger partial charge in [0.2, 0.25) is 0 Å². The molecule has 0 atom stereocenters. The van der Waals surface area contributed by atoms with E-state index in [1.165, 1.54) is 32.4 Å². The molecule has 33 heavy (non-hydrogen) atoms. The molecular weight excluding hydrogens is 430 g/mol. The summed E-state index contributed by atoms with van der Waals surface area (Å²) in [4.78, 5) is 55.6. The number of nitrogens with one attached hydrogen (secondary N) is 2. The van der Waals surface area contributed by atoms with Gasteiger partial charge in [-0.15, -0.1) is 0 Å². The maximum absolute atomic E-state index is 12.8. The molecule has 2 N–H and O–H groups in total. The van der Waals surface area contributed by atoms with Crippen molar-refractivity contribution in [3.05, 3.63) is 87.1 Å². The lowest BCUT2D eigenvalue weighted by molar-refractivity contribution is 0.0599. The van der Waals surface area contributed by atoms with E-state index in [4.69, 9.17) is 4.74 Å². The number of carbonyl (C=O) groups excluding carboxylic acids is 3. The average molecular weight is 451 g/mol. The Kier molecular flexibility index (Phi) is 7.19. The summed E-state index contributed by atoms with van der Waals surface area (Å²) >= 11 is 0. The Labute approximate surface area is 188 Å². The fourth-order valence-corrected chi connectivity index (χ4v) is 3.01. The summed E-state index contributed by atoms with van der Waals surface area (Å²) in [5.41, 5.74) is 0.416. The quantitative estimate of drug-likeness (QED) is 0.522. The van der Waals surface area contributed by atoms with Crippen LogP contribution < -0.4 is 15.6 Å². The minimum Gasteiger partial charge on any atom is -0.497 e. The fraction of sp³-hybridized carbons (Fsp3) is 0.174. The van der Waals surface area contributed by atoms with Crippen molar-refractivity contribution in [3.8, 4) is 5.75 Å². The van der Waals surface area contributed by atoms with Crippen molar-refractivity contribution in [1.82, 2.24) is 9.97 Å². The van der Waals surface area contributed by atoms with Crippen LogP contribution in [-0.2, 0) is 15.9 Å². The highest BCUT2D eigenvalue weighted by Crippen LogP contribution is 2.18. The second-order valence-corrected chi connectivity index (χ2v) is 6.84. The molecule has 0 unspecified atom stereocenters. The number of hydrogen-bond donors (Lipinski definition) is 2. The number of methoxy groups -OCH3 is 3. The van der Waals surface area contributed by atoms with E-state index in [-0.39, 0.29) is 34.8 Å². The molecule has 0 bridgehead atoms. The molecule has 0 aliphatic rings. The second kappa shape index (κ2) is 10.2. The molecule has 10 nitrogen and oxygen atoms in total. The molecule has 1 aromatic heterocycles. The second-order valence-electron chi connectivity index (χ2n) is 6.84. The predicted octanol–water partition coefficient (Wildman–Crippen LogP) is 2.19. The van der Waals surface area contributed by atoms with E-state index in [2.05, 4.69) is 24.8 Å². The highest BCUT2D eigenvalue weighted by molar-refractivity contribution is 6.05. The van der Waals surface area contributed by atoms with Gasteiger partial charge in [-0.25, -0.2) is 14.6 Å². The van der Waals surface area contributed by atoms with Crippen LogP contribution in [0, 0.1) is 0 Å². The summed E-state index contributed by atoms with van der Waals surface area (Å²) in [5.74, 6) is -1.13. The van der Waals surface area contributed by atoms with Crippen molar-refractivity contribution >= 4 is 23.5 Å². The van der Waals surface area contributed by atoms with Crippen LogP contribution in [0.1, 0.15) is 42.6 Å². The Morgan fingerprint density at radius 2 is 1.52 bits per heavy atom. The molecule has 10 heteroatoms. The largest absolute Gasteiger partial charge is 0.497 e. The number of aromatic nitrogens is 2. The molecule has 1 heterocycles. The Morgan fingerprint density at radius 3 is 2.06 bits per heavy atom. The molecule has 3 rings (SSSR count). The van der Waals surface area contributed by atoms with E-state index in [1.54, 1.807) is 19.2 Å². The molecule has 0 fully saturated rings. The molecule has 0 aliphatic heterocycles. The number of amides is 1. The lowest BCUT2D eigenvalue weighted by Crippen LogP contribution is -2.21. The first-order chi connectivity index (χ1) is 15.8. The molecule has 1 amide bonds. The fourth-order valence-electron chi connectivity index (χ4n) is 3.01. The lowest BCUT2D eigenvalue weighted by atomic mass is 10.1. The van der Waals surface area contributed by atoms with Crippen molar-refractivity contribution in [2.75, 3.05) is 26.6 Å². The van der Waals surface area contributed by atoms with E-state index in [0.717, 1.165) is 11.6 Å². The van der Waals surface area contributed by atoms with Gasteiger partial charge in [0.1, 0.15) is 17.3 Å². The first-order valence-corrected chi connectivity index (χ1v) is 9.69. The number of esters is 2. The third-order valence-electron chi connectivity index (χ3n) is 4.59. The monoisotopic (exact) mass is 451 g/mol. The standard InChI is InChI=1S/C23H21N3O7/c1-31-17-6-4-13(5-7-17)8-19-25-18(12-20(27)26-19)21(28)24-16-10-14(22(29)32-2)9-15(11-16)23(30)33-3/h4-7,9-12H,8H2,1-3H3,(H,24,28)(H,25,26,27). The van der Waals surface area contributed by atoms with E-state index < -0.39 is 23.4 Å². The van der Waals surface area contributed by atoms with E-state index >= 15 is 0 Å². The van der Waals surface area contributed by atoms with Crippen molar-refractivity contribution < 1.29 is 28.6 Å². The van der Waals surface area contributed by atoms with Gasteiger partial charge in [0, 0.05) is 18.2 Å². The Morgan fingerprint density at radius 1 is 0.909 bits per heavy atom. The number of anilines is 1. The molecule has 170 valence electrons. The van der Waals surface area contributed by atoms with E-state index in [1.807, 2.05) is 12.1 Å². The molecule has 0 saturated heterocycles. The number of hydrogen-bond acceptors (Lipinski definition) is 8. The van der Waals surface area contributed by atoms with Gasteiger partial charge in [0.05, 0.1) is 32.5 Å². The van der Waals surface area contributed by atoms with Gasteiger partial charge in [-0.2, -0.15) is 0 Å². The summed E-state index contributed by atoms with van der Waals surface area (Å²) in [5, 5.41) is 2.54. The third-order valence-corrected chi connectivity index (χ3v) is 4.59. The molecule has 2 aromatic carbocycles. The van der Waals surface area contributed by atoms with Crippen LogP contribution in [0.4, 0.5) is 5.69 Å². The molecular formula is C23H21N3O7. The van der Waals surface area contributed by atoms with E-state index in [9.17, 15) is 19.2 Å². The van der Waals surface area contributed by atoms with Gasteiger partial charge >= 0.3 is 11.9 Å². The number of rotatable bonds is 7. The third kappa shape index (κ3) is 5.82. The highest BCUT2D eigenvalue weighted by Gasteiger charge is 2.17. The molecule has 0 saturated carbocycles. The van der Waals surface area contributed by atoms with Gasteiger partial charge in [-0.1, -0.05) is 12.1 Å². The van der Waals surface area contributed by atoms with Crippen LogP contribution in [-0.4, -0.2) is 49.1 Å². The number of carbonyl (C=O) groups is 3. The van der Waals surface area contributed by atoms with Gasteiger partial charge in [0.25, 0.3) is 11.5 Å². The maximum Gasteiger partial charge on any atom is 0.337 e. The number of nitrogens with zero attached hydrogens (tertiary/aromatic N) is 1. The molecule has 0 radical (unpaired) electrons. The summed E-state index contributed by atoms with van der Waals surface area (Å²) in [6, 6.07) is 12.2. The summed E-state index contributed by atoms with van der Waals surface area (Å²) in [6.45, 7) is 0. The highest BCUT2D eigenvalue weighted by atomic mass is 16.5. The first-order valence-electron chi connectivity index (χ1n) is 9.69. The smallest absolute Gasteiger partial charge is 0.337 e. The number of benzene rings is 2. The van der Waals surface area contributed by atoms with Gasteiger partial charge in [0.15, 0.2) is 0 Å². The van der Waals surface area contributed by atoms with Gasteiger partial charge in [-0.3, -0.25) is 9.59 Å². The first kappa shape index (κ1) is 23.2. The van der Waals surface area contributed by atoms with Gasteiger partial charge < -0.3 is 24.5 Å². The summed E-state index contributed by atoms with van der Waals surface area (Å²) < 4.78 is 14.5. The number of aromatic amines is 1. The van der Waals surface area contributed by atoms with Crippen LogP contribution in [0.5, 0.6) is 5.75 Å². The van der Waals surface area contributed by atoms with E-state index in [0.29, 0.717) is 5.75 Å². The van der Waals surface area contributed by atoms with Crippen LogP contribution in [0.2, 0.25) is 0 Å².